The highest BCUT2D eigenvalue weighted by molar-refractivity contribution is 7.99. The van der Waals surface area contributed by atoms with Crippen molar-refractivity contribution in [1.82, 2.24) is 9.88 Å². The Balaban J connectivity index is 2.27. The molecule has 1 saturated heterocycles. The second-order valence-electron chi connectivity index (χ2n) is 4.54. The van der Waals surface area contributed by atoms with Crippen LogP contribution in [-0.4, -0.2) is 46.9 Å². The second-order valence-corrected chi connectivity index (χ2v) is 5.69. The zero-order chi connectivity index (χ0) is 13.1. The van der Waals surface area contributed by atoms with Crippen LogP contribution < -0.4 is 5.32 Å². The average Bonchev–Trinajstić information content (AvgIpc) is 2.38. The number of pyridine rings is 1. The van der Waals surface area contributed by atoms with Crippen molar-refractivity contribution in [3.8, 4) is 0 Å². The van der Waals surface area contributed by atoms with Gasteiger partial charge in [0, 0.05) is 43.0 Å². The Morgan fingerprint density at radius 2 is 2.39 bits per heavy atom. The molecule has 1 amide bonds. The van der Waals surface area contributed by atoms with E-state index >= 15 is 0 Å². The fourth-order valence-corrected chi connectivity index (χ4v) is 3.13. The van der Waals surface area contributed by atoms with Crippen LogP contribution in [0.1, 0.15) is 23.0 Å². The second kappa shape index (κ2) is 5.61. The summed E-state index contributed by atoms with van der Waals surface area (Å²) in [6.07, 6.45) is 1.68. The summed E-state index contributed by atoms with van der Waals surface area (Å²) in [6.45, 7) is 4.85. The Hall–Kier alpha value is -1.23. The van der Waals surface area contributed by atoms with Crippen molar-refractivity contribution in [3.05, 3.63) is 23.5 Å². The van der Waals surface area contributed by atoms with E-state index in [1.807, 2.05) is 36.7 Å². The van der Waals surface area contributed by atoms with Gasteiger partial charge in [0.25, 0.3) is 5.91 Å². The van der Waals surface area contributed by atoms with E-state index < -0.39 is 0 Å². The summed E-state index contributed by atoms with van der Waals surface area (Å²) in [7, 11) is 1.83. The minimum Gasteiger partial charge on any atom is -0.387 e. The number of rotatable bonds is 2. The van der Waals surface area contributed by atoms with Crippen LogP contribution >= 0.6 is 11.8 Å². The Bertz CT molecular complexity index is 450. The molecule has 1 aliphatic rings. The fraction of sp³-hybridized carbons (Fsp3) is 0.538. The van der Waals surface area contributed by atoms with Gasteiger partial charge in [0.05, 0.1) is 11.3 Å². The third kappa shape index (κ3) is 2.61. The summed E-state index contributed by atoms with van der Waals surface area (Å²) in [6, 6.07) is 2.21. The van der Waals surface area contributed by atoms with Crippen molar-refractivity contribution in [1.29, 1.82) is 0 Å². The summed E-state index contributed by atoms with van der Waals surface area (Å²) in [5.41, 5.74) is 2.44. The van der Waals surface area contributed by atoms with Crippen molar-refractivity contribution in [2.24, 2.45) is 0 Å². The molecule has 98 valence electrons. The molecule has 1 aliphatic heterocycles. The van der Waals surface area contributed by atoms with Gasteiger partial charge in [0.15, 0.2) is 0 Å². The number of anilines is 1. The highest BCUT2D eigenvalue weighted by Crippen LogP contribution is 2.22. The molecule has 4 nitrogen and oxygen atoms in total. The highest BCUT2D eigenvalue weighted by atomic mass is 32.2. The minimum atomic E-state index is 0.0830. The smallest absolute Gasteiger partial charge is 0.257 e. The van der Waals surface area contributed by atoms with E-state index in [4.69, 9.17) is 0 Å². The largest absolute Gasteiger partial charge is 0.387 e. The lowest BCUT2D eigenvalue weighted by Gasteiger charge is -2.33. The van der Waals surface area contributed by atoms with E-state index in [-0.39, 0.29) is 5.91 Å². The van der Waals surface area contributed by atoms with Gasteiger partial charge in [0.2, 0.25) is 0 Å². The normalized spacial score (nSPS) is 19.7. The maximum Gasteiger partial charge on any atom is 0.257 e. The predicted octanol–water partition coefficient (Wildman–Crippen LogP) is 2.01. The summed E-state index contributed by atoms with van der Waals surface area (Å²) in [4.78, 5) is 18.7. The van der Waals surface area contributed by atoms with Gasteiger partial charge in [-0.25, -0.2) is 0 Å². The number of aryl methyl sites for hydroxylation is 1. The van der Waals surface area contributed by atoms with Gasteiger partial charge in [-0.15, -0.1) is 0 Å². The molecule has 0 aromatic carbocycles. The molecule has 1 unspecified atom stereocenters. The number of carbonyl (C=O) groups excluding carboxylic acids is 1. The first-order chi connectivity index (χ1) is 8.63. The molecule has 1 aromatic heterocycles. The molecule has 0 aliphatic carbocycles. The van der Waals surface area contributed by atoms with E-state index in [0.717, 1.165) is 29.4 Å². The first kappa shape index (κ1) is 13.2. The third-order valence-corrected chi connectivity index (χ3v) is 4.36. The number of hydrogen-bond acceptors (Lipinski definition) is 4. The van der Waals surface area contributed by atoms with Crippen molar-refractivity contribution < 1.29 is 4.79 Å². The van der Waals surface area contributed by atoms with Gasteiger partial charge in [-0.3, -0.25) is 9.78 Å². The Kier molecular flexibility index (Phi) is 4.11. The summed E-state index contributed by atoms with van der Waals surface area (Å²) in [5, 5.41) is 3.08. The quantitative estimate of drug-likeness (QED) is 0.888. The van der Waals surface area contributed by atoms with Crippen molar-refractivity contribution in [2.75, 3.05) is 30.4 Å². The zero-order valence-electron chi connectivity index (χ0n) is 11.1. The molecule has 18 heavy (non-hydrogen) atoms. The molecule has 1 N–H and O–H groups in total. The molecule has 1 fully saturated rings. The first-order valence-corrected chi connectivity index (χ1v) is 7.32. The van der Waals surface area contributed by atoms with Crippen molar-refractivity contribution >= 4 is 23.4 Å². The van der Waals surface area contributed by atoms with Crippen LogP contribution in [0.4, 0.5) is 5.69 Å². The third-order valence-electron chi connectivity index (χ3n) is 3.17. The Labute approximate surface area is 112 Å². The molecular formula is C13H19N3OS. The molecule has 2 rings (SSSR count). The van der Waals surface area contributed by atoms with Crippen LogP contribution in [0.25, 0.3) is 0 Å². The standard InChI is InChI=1S/C13H19N3OS/c1-9-6-12(14-3)11(7-15-9)13(17)16-4-5-18-8-10(16)2/h6-7,10H,4-5,8H2,1-3H3,(H,14,15). The minimum absolute atomic E-state index is 0.0830. The van der Waals surface area contributed by atoms with Gasteiger partial charge < -0.3 is 10.2 Å². The number of nitrogens with zero attached hydrogens (tertiary/aromatic N) is 2. The lowest BCUT2D eigenvalue weighted by Crippen LogP contribution is -2.44. The maximum absolute atomic E-state index is 12.5. The molecule has 0 spiro atoms. The molecular weight excluding hydrogens is 246 g/mol. The van der Waals surface area contributed by atoms with Gasteiger partial charge in [0.1, 0.15) is 0 Å². The monoisotopic (exact) mass is 265 g/mol. The fourth-order valence-electron chi connectivity index (χ4n) is 2.12. The Morgan fingerprint density at radius 3 is 3.06 bits per heavy atom. The van der Waals surface area contributed by atoms with E-state index in [2.05, 4.69) is 17.2 Å². The molecule has 0 bridgehead atoms. The van der Waals surface area contributed by atoms with Crippen molar-refractivity contribution in [3.63, 3.8) is 0 Å². The van der Waals surface area contributed by atoms with E-state index in [1.165, 1.54) is 0 Å². The van der Waals surface area contributed by atoms with E-state index in [9.17, 15) is 4.79 Å². The predicted molar refractivity (Wildman–Crippen MR) is 76.3 cm³/mol. The average molecular weight is 265 g/mol. The molecule has 0 saturated carbocycles. The molecule has 5 heteroatoms. The highest BCUT2D eigenvalue weighted by Gasteiger charge is 2.26. The van der Waals surface area contributed by atoms with Crippen LogP contribution in [-0.2, 0) is 0 Å². The number of thioether (sulfide) groups is 1. The van der Waals surface area contributed by atoms with E-state index in [1.54, 1.807) is 6.20 Å². The maximum atomic E-state index is 12.5. The van der Waals surface area contributed by atoms with Crippen molar-refractivity contribution in [2.45, 2.75) is 19.9 Å². The van der Waals surface area contributed by atoms with Gasteiger partial charge in [-0.1, -0.05) is 0 Å². The number of carbonyl (C=O) groups is 1. The topological polar surface area (TPSA) is 45.2 Å². The number of nitrogens with one attached hydrogen (secondary N) is 1. The molecule has 1 atom stereocenters. The lowest BCUT2D eigenvalue weighted by molar-refractivity contribution is 0.0716. The zero-order valence-corrected chi connectivity index (χ0v) is 11.9. The summed E-state index contributed by atoms with van der Waals surface area (Å²) in [5.74, 6) is 2.11. The van der Waals surface area contributed by atoms with Crippen LogP contribution in [0.2, 0.25) is 0 Å². The van der Waals surface area contributed by atoms with Crippen LogP contribution in [0.15, 0.2) is 12.3 Å². The van der Waals surface area contributed by atoms with Crippen LogP contribution in [0, 0.1) is 6.92 Å². The molecule has 1 aromatic rings. The number of amides is 1. The number of hydrogen-bond donors (Lipinski definition) is 1. The lowest BCUT2D eigenvalue weighted by atomic mass is 10.1. The first-order valence-electron chi connectivity index (χ1n) is 6.16. The van der Waals surface area contributed by atoms with E-state index in [0.29, 0.717) is 11.6 Å². The number of aromatic nitrogens is 1. The summed E-state index contributed by atoms with van der Waals surface area (Å²) < 4.78 is 0. The van der Waals surface area contributed by atoms with Crippen LogP contribution in [0.3, 0.4) is 0 Å². The molecule has 0 radical (unpaired) electrons. The van der Waals surface area contributed by atoms with Gasteiger partial charge in [-0.2, -0.15) is 11.8 Å². The SMILES string of the molecule is CNc1cc(C)ncc1C(=O)N1CCSCC1C. The molecule has 2 heterocycles. The van der Waals surface area contributed by atoms with Gasteiger partial charge in [-0.05, 0) is 19.9 Å². The van der Waals surface area contributed by atoms with Crippen LogP contribution in [0.5, 0.6) is 0 Å². The van der Waals surface area contributed by atoms with Gasteiger partial charge >= 0.3 is 0 Å². The Morgan fingerprint density at radius 1 is 1.61 bits per heavy atom. The summed E-state index contributed by atoms with van der Waals surface area (Å²) >= 11 is 1.91.